The first-order valence-electron chi connectivity index (χ1n) is 11.8. The summed E-state index contributed by atoms with van der Waals surface area (Å²) in [7, 11) is 6.28. The Morgan fingerprint density at radius 2 is 1.76 bits per heavy atom. The van der Waals surface area contributed by atoms with Gasteiger partial charge in [-0.25, -0.2) is 4.79 Å². The van der Waals surface area contributed by atoms with Gasteiger partial charge in [-0.2, -0.15) is 0 Å². The second-order valence-corrected chi connectivity index (χ2v) is 8.34. The van der Waals surface area contributed by atoms with Gasteiger partial charge in [-0.15, -0.1) is 0 Å². The molecule has 1 aliphatic carbocycles. The quantitative estimate of drug-likeness (QED) is 0.387. The van der Waals surface area contributed by atoms with Crippen molar-refractivity contribution in [3.05, 3.63) is 35.4 Å². The van der Waals surface area contributed by atoms with E-state index in [1.54, 1.807) is 26.2 Å². The molecule has 0 heterocycles. The lowest BCUT2D eigenvalue weighted by atomic mass is 9.68. The summed E-state index contributed by atoms with van der Waals surface area (Å²) in [6.07, 6.45) is 4.21. The lowest BCUT2D eigenvalue weighted by Crippen LogP contribution is -2.36. The van der Waals surface area contributed by atoms with E-state index in [1.165, 1.54) is 7.11 Å². The van der Waals surface area contributed by atoms with Crippen LogP contribution in [-0.4, -0.2) is 71.2 Å². The van der Waals surface area contributed by atoms with Gasteiger partial charge >= 0.3 is 6.09 Å². The lowest BCUT2D eigenvalue weighted by molar-refractivity contribution is -0.139. The number of hydrogen-bond acceptors (Lipinski definition) is 7. The highest BCUT2D eigenvalue weighted by Gasteiger charge is 2.37. The number of carbonyl (C=O) groups excluding carboxylic acids is 2. The Hall–Kier alpha value is -2.58. The van der Waals surface area contributed by atoms with Crippen molar-refractivity contribution in [2.45, 2.75) is 57.7 Å². The van der Waals surface area contributed by atoms with Crippen molar-refractivity contribution in [2.24, 2.45) is 0 Å². The molecule has 8 heteroatoms. The van der Waals surface area contributed by atoms with E-state index in [-0.39, 0.29) is 12.1 Å². The van der Waals surface area contributed by atoms with Crippen molar-refractivity contribution in [3.63, 3.8) is 0 Å². The van der Waals surface area contributed by atoms with E-state index in [4.69, 9.17) is 23.7 Å². The molecule has 1 atom stereocenters. The molecule has 0 fully saturated rings. The van der Waals surface area contributed by atoms with E-state index in [9.17, 15) is 9.59 Å². The van der Waals surface area contributed by atoms with Crippen molar-refractivity contribution in [2.75, 3.05) is 48.1 Å². The standard InChI is InChI=1S/C26H39NO7/c1-7-33-24(34-8-2)12-9-19-18-26(14-13-21(19)28,15-16-27(3)25(29)32-6)20-10-11-22(30-4)23(17-20)31-5/h10-11,17-18,24H,7-9,12-16H2,1-6H3/t26-/m1/s1. The maximum Gasteiger partial charge on any atom is 0.409 e. The summed E-state index contributed by atoms with van der Waals surface area (Å²) in [5.74, 6) is 1.41. The molecule has 0 N–H and O–H groups in total. The summed E-state index contributed by atoms with van der Waals surface area (Å²) in [6.45, 7) is 5.42. The molecule has 2 rings (SSSR count). The van der Waals surface area contributed by atoms with Gasteiger partial charge in [0.25, 0.3) is 0 Å². The molecule has 0 aromatic heterocycles. The predicted octanol–water partition coefficient (Wildman–Crippen LogP) is 4.50. The van der Waals surface area contributed by atoms with Crippen LogP contribution in [0, 0.1) is 0 Å². The van der Waals surface area contributed by atoms with Gasteiger partial charge in [-0.05, 0) is 56.4 Å². The minimum absolute atomic E-state index is 0.143. The number of nitrogens with zero attached hydrogens (tertiary/aromatic N) is 1. The molecule has 0 saturated heterocycles. The highest BCUT2D eigenvalue weighted by atomic mass is 16.7. The summed E-state index contributed by atoms with van der Waals surface area (Å²) in [6, 6.07) is 5.85. The van der Waals surface area contributed by atoms with Crippen LogP contribution in [0.3, 0.4) is 0 Å². The third-order valence-electron chi connectivity index (χ3n) is 6.30. The normalized spacial score (nSPS) is 18.0. The molecule has 34 heavy (non-hydrogen) atoms. The van der Waals surface area contributed by atoms with Crippen molar-refractivity contribution in [1.29, 1.82) is 0 Å². The zero-order valence-corrected chi connectivity index (χ0v) is 21.3. The third kappa shape index (κ3) is 6.96. The fourth-order valence-electron chi connectivity index (χ4n) is 4.38. The number of rotatable bonds is 13. The molecule has 0 saturated carbocycles. The second kappa shape index (κ2) is 13.3. The number of benzene rings is 1. The number of ketones is 1. The molecule has 0 radical (unpaired) electrons. The molecule has 1 aromatic carbocycles. The largest absolute Gasteiger partial charge is 0.493 e. The molecule has 1 aromatic rings. The molecule has 0 unspecified atom stereocenters. The van der Waals surface area contributed by atoms with Gasteiger partial charge in [-0.3, -0.25) is 4.79 Å². The van der Waals surface area contributed by atoms with Gasteiger partial charge in [0.15, 0.2) is 23.6 Å². The molecule has 0 spiro atoms. The maximum absolute atomic E-state index is 12.9. The molecule has 8 nitrogen and oxygen atoms in total. The second-order valence-electron chi connectivity index (χ2n) is 8.34. The fraction of sp³-hybridized carbons (Fsp3) is 0.615. The average molecular weight is 478 g/mol. The number of amides is 1. The first-order chi connectivity index (χ1) is 16.3. The predicted molar refractivity (Wildman–Crippen MR) is 129 cm³/mol. The van der Waals surface area contributed by atoms with E-state index in [0.29, 0.717) is 63.4 Å². The maximum atomic E-state index is 12.9. The van der Waals surface area contributed by atoms with Crippen LogP contribution in [0.1, 0.15) is 51.5 Å². The summed E-state index contributed by atoms with van der Waals surface area (Å²) in [4.78, 5) is 26.4. The van der Waals surface area contributed by atoms with Gasteiger partial charge in [0.05, 0.1) is 21.3 Å². The first kappa shape index (κ1) is 27.7. The van der Waals surface area contributed by atoms with Gasteiger partial charge in [0.2, 0.25) is 0 Å². The Morgan fingerprint density at radius 1 is 1.09 bits per heavy atom. The van der Waals surface area contributed by atoms with E-state index in [0.717, 1.165) is 11.1 Å². The molecule has 0 bridgehead atoms. The molecular weight excluding hydrogens is 438 g/mol. The molecule has 1 amide bonds. The summed E-state index contributed by atoms with van der Waals surface area (Å²) in [5, 5.41) is 0. The summed E-state index contributed by atoms with van der Waals surface area (Å²) >= 11 is 0. The summed E-state index contributed by atoms with van der Waals surface area (Å²) < 4.78 is 27.2. The fourth-order valence-corrected chi connectivity index (χ4v) is 4.38. The van der Waals surface area contributed by atoms with Crippen LogP contribution in [0.5, 0.6) is 11.5 Å². The van der Waals surface area contributed by atoms with Crippen LogP contribution in [0.15, 0.2) is 29.8 Å². The van der Waals surface area contributed by atoms with Crippen LogP contribution < -0.4 is 9.47 Å². The van der Waals surface area contributed by atoms with Crippen LogP contribution >= 0.6 is 0 Å². The molecule has 190 valence electrons. The van der Waals surface area contributed by atoms with Crippen LogP contribution in [-0.2, 0) is 24.4 Å². The minimum atomic E-state index is -0.447. The van der Waals surface area contributed by atoms with E-state index in [1.807, 2.05) is 32.0 Å². The number of allylic oxidation sites excluding steroid dienone is 2. The lowest BCUT2D eigenvalue weighted by Gasteiger charge is -2.37. The van der Waals surface area contributed by atoms with Gasteiger partial charge < -0.3 is 28.6 Å². The highest BCUT2D eigenvalue weighted by molar-refractivity contribution is 5.96. The monoisotopic (exact) mass is 477 g/mol. The van der Waals surface area contributed by atoms with Crippen LogP contribution in [0.4, 0.5) is 4.79 Å². The first-order valence-corrected chi connectivity index (χ1v) is 11.8. The number of ether oxygens (including phenoxy) is 5. The SMILES string of the molecule is CCOC(CCC1=C[C@@](CCN(C)C(=O)OC)(c2ccc(OC)c(OC)c2)CCC1=O)OCC. The van der Waals surface area contributed by atoms with E-state index >= 15 is 0 Å². The Bertz CT molecular complexity index is 848. The molecule has 0 aliphatic heterocycles. The van der Waals surface area contributed by atoms with E-state index < -0.39 is 11.5 Å². The zero-order chi connectivity index (χ0) is 25.1. The number of methoxy groups -OCH3 is 3. The van der Waals surface area contributed by atoms with Crippen LogP contribution in [0.25, 0.3) is 0 Å². The number of hydrogen-bond donors (Lipinski definition) is 0. The van der Waals surface area contributed by atoms with Gasteiger partial charge in [0.1, 0.15) is 0 Å². The minimum Gasteiger partial charge on any atom is -0.493 e. The van der Waals surface area contributed by atoms with Crippen molar-refractivity contribution < 1.29 is 33.3 Å². The Labute approximate surface area is 203 Å². The number of Topliss-reactive ketones (excluding diaryl/α,β-unsaturated/α-hetero) is 1. The van der Waals surface area contributed by atoms with Crippen molar-refractivity contribution in [3.8, 4) is 11.5 Å². The third-order valence-corrected chi connectivity index (χ3v) is 6.30. The van der Waals surface area contributed by atoms with E-state index in [2.05, 4.69) is 6.08 Å². The molecular formula is C26H39NO7. The van der Waals surface area contributed by atoms with Crippen molar-refractivity contribution >= 4 is 11.9 Å². The van der Waals surface area contributed by atoms with Gasteiger partial charge in [-0.1, -0.05) is 12.1 Å². The smallest absolute Gasteiger partial charge is 0.409 e. The average Bonchev–Trinajstić information content (AvgIpc) is 2.86. The number of carbonyl (C=O) groups is 2. The molecule has 1 aliphatic rings. The van der Waals surface area contributed by atoms with Gasteiger partial charge in [0, 0.05) is 45.1 Å². The Kier molecular flexibility index (Phi) is 10.9. The topological polar surface area (TPSA) is 83.5 Å². The Morgan fingerprint density at radius 3 is 2.35 bits per heavy atom. The summed E-state index contributed by atoms with van der Waals surface area (Å²) in [5.41, 5.74) is 1.34. The van der Waals surface area contributed by atoms with Crippen molar-refractivity contribution in [1.82, 2.24) is 4.90 Å². The van der Waals surface area contributed by atoms with Crippen LogP contribution in [0.2, 0.25) is 0 Å². The zero-order valence-electron chi connectivity index (χ0n) is 21.3. The highest BCUT2D eigenvalue weighted by Crippen LogP contribution is 2.43. The Balaban J connectivity index is 2.42.